The molecule has 2 heterocycles. The quantitative estimate of drug-likeness (QED) is 0.542. The Balaban J connectivity index is 1.41. The van der Waals surface area contributed by atoms with Gasteiger partial charge in [-0.05, 0) is 31.2 Å². The van der Waals surface area contributed by atoms with E-state index in [0.717, 1.165) is 40.4 Å². The highest BCUT2D eigenvalue weighted by Gasteiger charge is 2.33. The molecular weight excluding hydrogens is 475 g/mol. The number of thiazole rings is 1. The number of halogens is 3. The van der Waals surface area contributed by atoms with Gasteiger partial charge in [-0.15, -0.1) is 11.3 Å². The lowest BCUT2D eigenvalue weighted by molar-refractivity contribution is -0.137. The summed E-state index contributed by atoms with van der Waals surface area (Å²) >= 11 is 1.36. The van der Waals surface area contributed by atoms with Crippen molar-refractivity contribution in [1.29, 1.82) is 0 Å². The molecule has 6 nitrogen and oxygen atoms in total. The fourth-order valence-electron chi connectivity index (χ4n) is 3.46. The van der Waals surface area contributed by atoms with Gasteiger partial charge in [0.2, 0.25) is 10.0 Å². The molecule has 0 aliphatic carbocycles. The summed E-state index contributed by atoms with van der Waals surface area (Å²) in [5, 5.41) is 2.41. The second-order valence-electron chi connectivity index (χ2n) is 7.62. The van der Waals surface area contributed by atoms with Crippen LogP contribution in [0.3, 0.4) is 0 Å². The molecule has 174 valence electrons. The molecular formula is C22H20F3N3O3S2. The number of piperazine rings is 1. The molecule has 0 saturated carbocycles. The minimum absolute atomic E-state index is 0.0457. The Kier molecular flexibility index (Phi) is 6.30. The maximum absolute atomic E-state index is 12.9. The number of aryl methyl sites for hydroxylation is 1. The van der Waals surface area contributed by atoms with Crippen LogP contribution in [0.2, 0.25) is 0 Å². The Morgan fingerprint density at radius 1 is 0.970 bits per heavy atom. The maximum Gasteiger partial charge on any atom is 0.416 e. The fourth-order valence-corrected chi connectivity index (χ4v) is 5.68. The topological polar surface area (TPSA) is 70.6 Å². The van der Waals surface area contributed by atoms with E-state index in [4.69, 9.17) is 0 Å². The minimum atomic E-state index is -4.54. The van der Waals surface area contributed by atoms with Gasteiger partial charge < -0.3 is 4.90 Å². The number of sulfonamides is 1. The predicted molar refractivity (Wildman–Crippen MR) is 118 cm³/mol. The van der Waals surface area contributed by atoms with E-state index < -0.39 is 21.8 Å². The van der Waals surface area contributed by atoms with Crippen LogP contribution in [0, 0.1) is 6.92 Å². The van der Waals surface area contributed by atoms with Crippen molar-refractivity contribution in [1.82, 2.24) is 14.2 Å². The first-order valence-corrected chi connectivity index (χ1v) is 12.4. The van der Waals surface area contributed by atoms with Crippen LogP contribution in [0.1, 0.15) is 21.6 Å². The Hall–Kier alpha value is -2.76. The molecule has 1 saturated heterocycles. The third-order valence-corrected chi connectivity index (χ3v) is 8.17. The molecule has 0 atom stereocenters. The van der Waals surface area contributed by atoms with Crippen LogP contribution in [0.4, 0.5) is 13.2 Å². The highest BCUT2D eigenvalue weighted by molar-refractivity contribution is 7.89. The molecule has 1 fully saturated rings. The van der Waals surface area contributed by atoms with E-state index in [1.807, 2.05) is 31.2 Å². The van der Waals surface area contributed by atoms with Gasteiger partial charge in [0.25, 0.3) is 5.91 Å². The number of hydrogen-bond acceptors (Lipinski definition) is 5. The highest BCUT2D eigenvalue weighted by atomic mass is 32.2. The number of hydrogen-bond donors (Lipinski definition) is 0. The number of carbonyl (C=O) groups excluding carboxylic acids is 1. The van der Waals surface area contributed by atoms with E-state index in [2.05, 4.69) is 4.98 Å². The number of amides is 1. The summed E-state index contributed by atoms with van der Waals surface area (Å²) < 4.78 is 65.0. The molecule has 1 aliphatic rings. The smallest absolute Gasteiger partial charge is 0.335 e. The molecule has 3 aromatic rings. The predicted octanol–water partition coefficient (Wildman–Crippen LogP) is 4.28. The monoisotopic (exact) mass is 495 g/mol. The van der Waals surface area contributed by atoms with Gasteiger partial charge >= 0.3 is 6.18 Å². The van der Waals surface area contributed by atoms with Crippen molar-refractivity contribution in [2.45, 2.75) is 18.0 Å². The number of alkyl halides is 3. The highest BCUT2D eigenvalue weighted by Crippen LogP contribution is 2.30. The first-order chi connectivity index (χ1) is 15.6. The average Bonchev–Trinajstić information content (AvgIpc) is 3.29. The zero-order valence-electron chi connectivity index (χ0n) is 17.5. The standard InChI is InChI=1S/C22H20F3N3O3S2/c1-15-2-4-16(5-3-15)20-26-19(14-32-20)21(29)27-10-12-28(13-11-27)33(30,31)18-8-6-17(7-9-18)22(23,24)25/h2-9,14H,10-13H2,1H3. The van der Waals surface area contributed by atoms with Crippen molar-refractivity contribution < 1.29 is 26.4 Å². The number of benzene rings is 2. The van der Waals surface area contributed by atoms with E-state index in [1.165, 1.54) is 20.5 Å². The Morgan fingerprint density at radius 3 is 2.15 bits per heavy atom. The molecule has 33 heavy (non-hydrogen) atoms. The van der Waals surface area contributed by atoms with Crippen LogP contribution >= 0.6 is 11.3 Å². The van der Waals surface area contributed by atoms with Gasteiger partial charge in [0.05, 0.1) is 10.5 Å². The van der Waals surface area contributed by atoms with Gasteiger partial charge in [-0.3, -0.25) is 4.79 Å². The molecule has 0 spiro atoms. The average molecular weight is 496 g/mol. The SMILES string of the molecule is Cc1ccc(-c2nc(C(=O)N3CCN(S(=O)(=O)c4ccc(C(F)(F)F)cc4)CC3)cs2)cc1. The van der Waals surface area contributed by atoms with Gasteiger partial charge in [-0.2, -0.15) is 17.5 Å². The zero-order valence-corrected chi connectivity index (χ0v) is 19.2. The summed E-state index contributed by atoms with van der Waals surface area (Å²) in [4.78, 5) is 18.6. The number of carbonyl (C=O) groups is 1. The Bertz CT molecular complexity index is 1250. The van der Waals surface area contributed by atoms with Crippen molar-refractivity contribution in [2.24, 2.45) is 0 Å². The van der Waals surface area contributed by atoms with Crippen molar-refractivity contribution in [3.8, 4) is 10.6 Å². The van der Waals surface area contributed by atoms with Crippen molar-refractivity contribution >= 4 is 27.3 Å². The van der Waals surface area contributed by atoms with Crippen molar-refractivity contribution in [2.75, 3.05) is 26.2 Å². The van der Waals surface area contributed by atoms with Gasteiger partial charge in [0.15, 0.2) is 0 Å². The summed E-state index contributed by atoms with van der Waals surface area (Å²) in [6, 6.07) is 11.2. The second kappa shape index (κ2) is 8.88. The fraction of sp³-hybridized carbons (Fsp3) is 0.273. The molecule has 1 amide bonds. The maximum atomic E-state index is 12.9. The minimum Gasteiger partial charge on any atom is -0.335 e. The van der Waals surface area contributed by atoms with E-state index in [0.29, 0.717) is 5.69 Å². The third kappa shape index (κ3) is 4.94. The molecule has 0 bridgehead atoms. The van der Waals surface area contributed by atoms with Crippen molar-refractivity contribution in [3.05, 3.63) is 70.7 Å². The molecule has 1 aromatic heterocycles. The molecule has 4 rings (SSSR count). The van der Waals surface area contributed by atoms with Crippen LogP contribution in [0.15, 0.2) is 58.8 Å². The molecule has 1 aliphatic heterocycles. The van der Waals surface area contributed by atoms with Crippen LogP contribution < -0.4 is 0 Å². The molecule has 0 N–H and O–H groups in total. The van der Waals surface area contributed by atoms with E-state index in [1.54, 1.807) is 5.38 Å². The summed E-state index contributed by atoms with van der Waals surface area (Å²) in [5.74, 6) is -0.281. The van der Waals surface area contributed by atoms with Gasteiger partial charge in [-0.25, -0.2) is 13.4 Å². The molecule has 11 heteroatoms. The zero-order chi connectivity index (χ0) is 23.8. The molecule has 0 unspecified atom stereocenters. The van der Waals surface area contributed by atoms with Crippen LogP contribution in [0.25, 0.3) is 10.6 Å². The van der Waals surface area contributed by atoms with Crippen LogP contribution in [-0.4, -0.2) is 54.7 Å². The Morgan fingerprint density at radius 2 is 1.58 bits per heavy atom. The Labute approximate surface area is 193 Å². The van der Waals surface area contributed by atoms with E-state index in [9.17, 15) is 26.4 Å². The van der Waals surface area contributed by atoms with Gasteiger partial charge in [-0.1, -0.05) is 29.8 Å². The van der Waals surface area contributed by atoms with E-state index >= 15 is 0 Å². The molecule has 0 radical (unpaired) electrons. The van der Waals surface area contributed by atoms with E-state index in [-0.39, 0.29) is 37.0 Å². The molecule has 2 aromatic carbocycles. The number of rotatable bonds is 4. The number of aromatic nitrogens is 1. The number of nitrogens with zero attached hydrogens (tertiary/aromatic N) is 3. The van der Waals surface area contributed by atoms with Crippen LogP contribution in [0.5, 0.6) is 0 Å². The first-order valence-electron chi connectivity index (χ1n) is 10.0. The van der Waals surface area contributed by atoms with Gasteiger partial charge in [0, 0.05) is 37.1 Å². The summed E-state index contributed by atoms with van der Waals surface area (Å²) in [7, 11) is -3.96. The lowest BCUT2D eigenvalue weighted by atomic mass is 10.2. The first kappa shape index (κ1) is 23.4. The summed E-state index contributed by atoms with van der Waals surface area (Å²) in [6.07, 6.45) is -4.54. The third-order valence-electron chi connectivity index (χ3n) is 5.37. The largest absolute Gasteiger partial charge is 0.416 e. The van der Waals surface area contributed by atoms with Crippen LogP contribution in [-0.2, 0) is 16.2 Å². The summed E-state index contributed by atoms with van der Waals surface area (Å²) in [5.41, 5.74) is 1.42. The second-order valence-corrected chi connectivity index (χ2v) is 10.4. The lowest BCUT2D eigenvalue weighted by Gasteiger charge is -2.33. The van der Waals surface area contributed by atoms with Gasteiger partial charge in [0.1, 0.15) is 10.7 Å². The van der Waals surface area contributed by atoms with Crippen molar-refractivity contribution in [3.63, 3.8) is 0 Å². The normalized spacial score (nSPS) is 15.6. The summed E-state index contributed by atoms with van der Waals surface area (Å²) in [6.45, 7) is 2.40. The lowest BCUT2D eigenvalue weighted by Crippen LogP contribution is -2.50.